The molecule has 5 heteroatoms. The van der Waals surface area contributed by atoms with E-state index in [9.17, 15) is 8.78 Å². The van der Waals surface area contributed by atoms with Crippen LogP contribution in [-0.4, -0.2) is 12.1 Å². The molecule has 0 bridgehead atoms. The zero-order valence-corrected chi connectivity index (χ0v) is 9.73. The van der Waals surface area contributed by atoms with E-state index < -0.39 is 17.7 Å². The molecule has 0 aliphatic rings. The minimum absolute atomic E-state index is 0.471. The molecule has 3 nitrogen and oxygen atoms in total. The van der Waals surface area contributed by atoms with E-state index in [2.05, 4.69) is 4.98 Å². The number of hydrogen-bond donors (Lipinski definition) is 1. The predicted octanol–water partition coefficient (Wildman–Crippen LogP) is 2.42. The van der Waals surface area contributed by atoms with Crippen LogP contribution >= 0.6 is 0 Å². The maximum Gasteiger partial charge on any atom is 0.159 e. The lowest BCUT2D eigenvalue weighted by Crippen LogP contribution is -2.13. The number of nitrogens with two attached hydrogens (primary N) is 1. The van der Waals surface area contributed by atoms with Gasteiger partial charge in [0.15, 0.2) is 11.6 Å². The maximum atomic E-state index is 13.2. The summed E-state index contributed by atoms with van der Waals surface area (Å²) in [6.45, 7) is 0. The van der Waals surface area contributed by atoms with E-state index in [4.69, 9.17) is 10.5 Å². The van der Waals surface area contributed by atoms with Crippen LogP contribution in [0.1, 0.15) is 17.2 Å². The van der Waals surface area contributed by atoms with Crippen molar-refractivity contribution in [3.8, 4) is 5.75 Å². The van der Waals surface area contributed by atoms with Crippen molar-refractivity contribution in [2.24, 2.45) is 5.73 Å². The van der Waals surface area contributed by atoms with E-state index >= 15 is 0 Å². The lowest BCUT2D eigenvalue weighted by Gasteiger charge is -2.15. The highest BCUT2D eigenvalue weighted by Crippen LogP contribution is 2.27. The van der Waals surface area contributed by atoms with Gasteiger partial charge in [-0.05, 0) is 23.8 Å². The molecule has 0 radical (unpaired) electrons. The first-order valence-corrected chi connectivity index (χ1v) is 5.32. The van der Waals surface area contributed by atoms with Crippen molar-refractivity contribution in [3.63, 3.8) is 0 Å². The molecule has 0 amide bonds. The van der Waals surface area contributed by atoms with Gasteiger partial charge >= 0.3 is 0 Å². The van der Waals surface area contributed by atoms with Crippen molar-refractivity contribution >= 4 is 0 Å². The molecule has 1 unspecified atom stereocenters. The molecular weight excluding hydrogens is 238 g/mol. The Morgan fingerprint density at radius 1 is 1.22 bits per heavy atom. The van der Waals surface area contributed by atoms with Gasteiger partial charge in [-0.15, -0.1) is 0 Å². The Morgan fingerprint density at radius 2 is 2.00 bits per heavy atom. The summed E-state index contributed by atoms with van der Waals surface area (Å²) in [5.74, 6) is -1.31. The van der Waals surface area contributed by atoms with Crippen LogP contribution in [0, 0.1) is 11.6 Å². The quantitative estimate of drug-likeness (QED) is 0.910. The zero-order chi connectivity index (χ0) is 13.1. The van der Waals surface area contributed by atoms with Crippen LogP contribution in [0.15, 0.2) is 36.7 Å². The number of nitrogens with zero attached hydrogens (tertiary/aromatic N) is 1. The number of benzene rings is 1. The van der Waals surface area contributed by atoms with Crippen LogP contribution in [0.2, 0.25) is 0 Å². The molecule has 1 heterocycles. The number of aromatic nitrogens is 1. The summed E-state index contributed by atoms with van der Waals surface area (Å²) in [5, 5.41) is 0. The molecule has 94 valence electrons. The van der Waals surface area contributed by atoms with E-state index in [1.54, 1.807) is 12.3 Å². The van der Waals surface area contributed by atoms with Gasteiger partial charge in [-0.1, -0.05) is 6.07 Å². The van der Waals surface area contributed by atoms with Crippen LogP contribution < -0.4 is 10.5 Å². The molecule has 2 N–H and O–H groups in total. The molecule has 1 atom stereocenters. The molecule has 0 saturated heterocycles. The van der Waals surface area contributed by atoms with Crippen LogP contribution in [0.25, 0.3) is 0 Å². The van der Waals surface area contributed by atoms with Crippen molar-refractivity contribution in [3.05, 3.63) is 59.4 Å². The summed E-state index contributed by atoms with van der Waals surface area (Å²) >= 11 is 0. The molecule has 1 aromatic carbocycles. The Kier molecular flexibility index (Phi) is 3.53. The molecule has 0 saturated carbocycles. The zero-order valence-electron chi connectivity index (χ0n) is 9.73. The van der Waals surface area contributed by atoms with E-state index in [1.807, 2.05) is 0 Å². The van der Waals surface area contributed by atoms with Crippen LogP contribution in [-0.2, 0) is 0 Å². The minimum atomic E-state index is -0.920. The first-order valence-electron chi connectivity index (χ1n) is 5.32. The molecule has 1 aromatic heterocycles. The van der Waals surface area contributed by atoms with Crippen molar-refractivity contribution in [2.75, 3.05) is 7.11 Å². The summed E-state index contributed by atoms with van der Waals surface area (Å²) in [5.41, 5.74) is 7.15. The van der Waals surface area contributed by atoms with Crippen molar-refractivity contribution in [1.29, 1.82) is 0 Å². The van der Waals surface area contributed by atoms with Gasteiger partial charge in [0, 0.05) is 11.8 Å². The number of halogens is 2. The SMILES string of the molecule is COc1cnccc1C(N)c1ccc(F)c(F)c1. The van der Waals surface area contributed by atoms with Gasteiger partial charge in [-0.3, -0.25) is 4.98 Å². The number of pyridine rings is 1. The lowest BCUT2D eigenvalue weighted by atomic mass is 10.00. The van der Waals surface area contributed by atoms with Gasteiger partial charge in [-0.25, -0.2) is 8.78 Å². The third-order valence-corrected chi connectivity index (χ3v) is 2.67. The first-order chi connectivity index (χ1) is 8.63. The maximum absolute atomic E-state index is 13.2. The number of rotatable bonds is 3. The number of ether oxygens (including phenoxy) is 1. The topological polar surface area (TPSA) is 48.1 Å². The van der Waals surface area contributed by atoms with Gasteiger partial charge in [0.05, 0.1) is 19.3 Å². The third kappa shape index (κ3) is 2.31. The second kappa shape index (κ2) is 5.10. The van der Waals surface area contributed by atoms with Crippen molar-refractivity contribution in [1.82, 2.24) is 4.98 Å². The number of hydrogen-bond acceptors (Lipinski definition) is 3. The van der Waals surface area contributed by atoms with Crippen molar-refractivity contribution in [2.45, 2.75) is 6.04 Å². The average Bonchev–Trinajstić information content (AvgIpc) is 2.41. The van der Waals surface area contributed by atoms with Gasteiger partial charge in [0.1, 0.15) is 5.75 Å². The van der Waals surface area contributed by atoms with E-state index in [1.165, 1.54) is 19.4 Å². The van der Waals surface area contributed by atoms with Gasteiger partial charge < -0.3 is 10.5 Å². The molecule has 18 heavy (non-hydrogen) atoms. The van der Waals surface area contributed by atoms with E-state index in [0.29, 0.717) is 16.9 Å². The molecule has 2 rings (SSSR count). The lowest BCUT2D eigenvalue weighted by molar-refractivity contribution is 0.405. The molecule has 2 aromatic rings. The Bertz CT molecular complexity index is 560. The predicted molar refractivity (Wildman–Crippen MR) is 63.2 cm³/mol. The largest absolute Gasteiger partial charge is 0.495 e. The minimum Gasteiger partial charge on any atom is -0.495 e. The summed E-state index contributed by atoms with van der Waals surface area (Å²) in [6, 6.07) is 4.67. The Balaban J connectivity index is 2.41. The number of methoxy groups -OCH3 is 1. The van der Waals surface area contributed by atoms with Gasteiger partial charge in [-0.2, -0.15) is 0 Å². The first kappa shape index (κ1) is 12.4. The van der Waals surface area contributed by atoms with E-state index in [0.717, 1.165) is 12.1 Å². The molecule has 0 aliphatic carbocycles. The second-order valence-corrected chi connectivity index (χ2v) is 3.77. The second-order valence-electron chi connectivity index (χ2n) is 3.77. The Labute approximate surface area is 103 Å². The summed E-state index contributed by atoms with van der Waals surface area (Å²) in [7, 11) is 1.50. The van der Waals surface area contributed by atoms with Crippen LogP contribution in [0.3, 0.4) is 0 Å². The Hall–Kier alpha value is -2.01. The fourth-order valence-electron chi connectivity index (χ4n) is 1.70. The van der Waals surface area contributed by atoms with Crippen molar-refractivity contribution < 1.29 is 13.5 Å². The molecule has 0 spiro atoms. The summed E-state index contributed by atoms with van der Waals surface area (Å²) in [6.07, 6.45) is 3.09. The average molecular weight is 250 g/mol. The van der Waals surface area contributed by atoms with Crippen LogP contribution in [0.5, 0.6) is 5.75 Å². The van der Waals surface area contributed by atoms with Gasteiger partial charge in [0.25, 0.3) is 0 Å². The highest BCUT2D eigenvalue weighted by molar-refractivity contribution is 5.39. The van der Waals surface area contributed by atoms with E-state index in [-0.39, 0.29) is 0 Å². The molecule has 0 aliphatic heterocycles. The monoisotopic (exact) mass is 250 g/mol. The molecule has 0 fully saturated rings. The van der Waals surface area contributed by atoms with Crippen LogP contribution in [0.4, 0.5) is 8.78 Å². The highest BCUT2D eigenvalue weighted by Gasteiger charge is 2.15. The smallest absolute Gasteiger partial charge is 0.159 e. The Morgan fingerprint density at radius 3 is 2.67 bits per heavy atom. The fraction of sp³-hybridized carbons (Fsp3) is 0.154. The fourth-order valence-corrected chi connectivity index (χ4v) is 1.70. The third-order valence-electron chi connectivity index (χ3n) is 2.67. The summed E-state index contributed by atoms with van der Waals surface area (Å²) < 4.78 is 31.2. The standard InChI is InChI=1S/C13H12F2N2O/c1-18-12-7-17-5-4-9(12)13(16)8-2-3-10(14)11(15)6-8/h2-7,13H,16H2,1H3. The normalized spacial score (nSPS) is 12.2. The highest BCUT2D eigenvalue weighted by atomic mass is 19.2. The summed E-state index contributed by atoms with van der Waals surface area (Å²) in [4.78, 5) is 3.91. The molecular formula is C13H12F2N2O. The van der Waals surface area contributed by atoms with Gasteiger partial charge in [0.2, 0.25) is 0 Å².